The molecule has 0 spiro atoms. The van der Waals surface area contributed by atoms with Gasteiger partial charge in [-0.15, -0.1) is 0 Å². The maximum absolute atomic E-state index is 12.8. The van der Waals surface area contributed by atoms with Gasteiger partial charge in [0.25, 0.3) is 11.8 Å². The monoisotopic (exact) mass is 356 g/mol. The van der Waals surface area contributed by atoms with Gasteiger partial charge in [-0.05, 0) is 43.9 Å². The zero-order chi connectivity index (χ0) is 18.4. The topological polar surface area (TPSA) is 122 Å². The SMILES string of the molecule is N[C@@H]1CCC[C@H]1Nc1ccc2c(c1)C(=O)N(C1CCC(=O)NC1=O)C2=O. The number of hydrogen-bond donors (Lipinski definition) is 3. The van der Waals surface area contributed by atoms with Crippen LogP contribution in [0.4, 0.5) is 5.69 Å². The first-order valence-electron chi connectivity index (χ1n) is 8.83. The van der Waals surface area contributed by atoms with Crippen LogP contribution in [0.1, 0.15) is 52.8 Å². The van der Waals surface area contributed by atoms with Crippen molar-refractivity contribution < 1.29 is 19.2 Å². The van der Waals surface area contributed by atoms with Crippen LogP contribution in [0.15, 0.2) is 18.2 Å². The molecule has 0 bridgehead atoms. The van der Waals surface area contributed by atoms with Crippen LogP contribution in [0, 0.1) is 0 Å². The Morgan fingerprint density at radius 2 is 1.81 bits per heavy atom. The van der Waals surface area contributed by atoms with Crippen molar-refractivity contribution in [2.24, 2.45) is 5.73 Å². The lowest BCUT2D eigenvalue weighted by Crippen LogP contribution is -2.54. The van der Waals surface area contributed by atoms with Gasteiger partial charge in [0.05, 0.1) is 11.1 Å². The summed E-state index contributed by atoms with van der Waals surface area (Å²) in [5, 5.41) is 5.52. The second kappa shape index (κ2) is 6.21. The molecule has 2 heterocycles. The van der Waals surface area contributed by atoms with Gasteiger partial charge in [-0.3, -0.25) is 29.4 Å². The number of hydrogen-bond acceptors (Lipinski definition) is 6. The summed E-state index contributed by atoms with van der Waals surface area (Å²) in [7, 11) is 0. The van der Waals surface area contributed by atoms with Crippen LogP contribution in [-0.2, 0) is 9.59 Å². The summed E-state index contributed by atoms with van der Waals surface area (Å²) >= 11 is 0. The third kappa shape index (κ3) is 2.66. The van der Waals surface area contributed by atoms with Gasteiger partial charge in [0.2, 0.25) is 11.8 Å². The van der Waals surface area contributed by atoms with E-state index in [1.165, 1.54) is 0 Å². The number of fused-ring (bicyclic) bond motifs is 1. The fourth-order valence-electron chi connectivity index (χ4n) is 3.94. The molecule has 8 nitrogen and oxygen atoms in total. The van der Waals surface area contributed by atoms with Gasteiger partial charge in [0.15, 0.2) is 0 Å². The number of nitrogens with two attached hydrogens (primary N) is 1. The highest BCUT2D eigenvalue weighted by Gasteiger charge is 2.44. The molecule has 0 radical (unpaired) electrons. The third-order valence-electron chi connectivity index (χ3n) is 5.36. The highest BCUT2D eigenvalue weighted by atomic mass is 16.2. The Labute approximate surface area is 150 Å². The number of carbonyl (C=O) groups excluding carboxylic acids is 4. The summed E-state index contributed by atoms with van der Waals surface area (Å²) in [5.74, 6) is -1.99. The molecule has 1 aromatic carbocycles. The molecule has 1 unspecified atom stereocenters. The molecule has 3 aliphatic rings. The van der Waals surface area contributed by atoms with Crippen molar-refractivity contribution in [2.45, 2.75) is 50.2 Å². The van der Waals surface area contributed by atoms with E-state index in [-0.39, 0.29) is 42.0 Å². The quantitative estimate of drug-likeness (QED) is 0.673. The maximum Gasteiger partial charge on any atom is 0.262 e. The first kappa shape index (κ1) is 16.7. The Morgan fingerprint density at radius 3 is 2.50 bits per heavy atom. The lowest BCUT2D eigenvalue weighted by atomic mass is 10.0. The number of imide groups is 2. The minimum Gasteiger partial charge on any atom is -0.381 e. The summed E-state index contributed by atoms with van der Waals surface area (Å²) in [4.78, 5) is 49.8. The second-order valence-electron chi connectivity index (χ2n) is 7.05. The van der Waals surface area contributed by atoms with Crippen molar-refractivity contribution in [2.75, 3.05) is 5.32 Å². The van der Waals surface area contributed by atoms with Crippen LogP contribution in [0.2, 0.25) is 0 Å². The van der Waals surface area contributed by atoms with Crippen molar-refractivity contribution in [3.63, 3.8) is 0 Å². The summed E-state index contributed by atoms with van der Waals surface area (Å²) in [6, 6.07) is 4.27. The summed E-state index contributed by atoms with van der Waals surface area (Å²) in [5.41, 5.74) is 7.36. The Balaban J connectivity index is 1.58. The molecule has 3 atom stereocenters. The molecule has 1 saturated heterocycles. The summed E-state index contributed by atoms with van der Waals surface area (Å²) in [6.45, 7) is 0. The average molecular weight is 356 g/mol. The number of carbonyl (C=O) groups is 4. The second-order valence-corrected chi connectivity index (χ2v) is 7.05. The molecule has 1 aliphatic carbocycles. The molecule has 1 saturated carbocycles. The third-order valence-corrected chi connectivity index (χ3v) is 5.36. The zero-order valence-electron chi connectivity index (χ0n) is 14.2. The van der Waals surface area contributed by atoms with Crippen molar-refractivity contribution in [3.8, 4) is 0 Å². The minimum atomic E-state index is -0.945. The smallest absolute Gasteiger partial charge is 0.262 e. The van der Waals surface area contributed by atoms with Gasteiger partial charge in [0, 0.05) is 24.2 Å². The van der Waals surface area contributed by atoms with E-state index in [1.807, 2.05) is 0 Å². The predicted octanol–water partition coefficient (Wildman–Crippen LogP) is 0.379. The molecule has 136 valence electrons. The van der Waals surface area contributed by atoms with E-state index in [2.05, 4.69) is 10.6 Å². The highest BCUT2D eigenvalue weighted by Crippen LogP contribution is 2.30. The molecule has 2 aliphatic heterocycles. The Kier molecular flexibility index (Phi) is 3.99. The molecule has 0 aromatic heterocycles. The summed E-state index contributed by atoms with van der Waals surface area (Å²) in [6.07, 6.45) is 3.25. The summed E-state index contributed by atoms with van der Waals surface area (Å²) < 4.78 is 0. The Hall–Kier alpha value is -2.74. The van der Waals surface area contributed by atoms with Crippen molar-refractivity contribution in [3.05, 3.63) is 29.3 Å². The van der Waals surface area contributed by atoms with E-state index < -0.39 is 23.8 Å². The van der Waals surface area contributed by atoms with E-state index in [0.29, 0.717) is 0 Å². The van der Waals surface area contributed by atoms with Gasteiger partial charge in [-0.2, -0.15) is 0 Å². The largest absolute Gasteiger partial charge is 0.381 e. The van der Waals surface area contributed by atoms with Gasteiger partial charge >= 0.3 is 0 Å². The fraction of sp³-hybridized carbons (Fsp3) is 0.444. The van der Waals surface area contributed by atoms with E-state index >= 15 is 0 Å². The maximum atomic E-state index is 12.8. The van der Waals surface area contributed by atoms with Crippen LogP contribution in [-0.4, -0.2) is 46.7 Å². The number of anilines is 1. The van der Waals surface area contributed by atoms with Crippen LogP contribution in [0.5, 0.6) is 0 Å². The lowest BCUT2D eigenvalue weighted by Gasteiger charge is -2.27. The lowest BCUT2D eigenvalue weighted by molar-refractivity contribution is -0.136. The Morgan fingerprint density at radius 1 is 1.04 bits per heavy atom. The Bertz CT molecular complexity index is 821. The van der Waals surface area contributed by atoms with E-state index in [4.69, 9.17) is 5.73 Å². The number of rotatable bonds is 3. The molecule has 2 fully saturated rings. The molecule has 4 amide bonds. The van der Waals surface area contributed by atoms with Crippen LogP contribution >= 0.6 is 0 Å². The van der Waals surface area contributed by atoms with Crippen LogP contribution in [0.25, 0.3) is 0 Å². The first-order valence-corrected chi connectivity index (χ1v) is 8.83. The molecular formula is C18H20N4O4. The molecule has 4 N–H and O–H groups in total. The van der Waals surface area contributed by atoms with Gasteiger partial charge in [-0.25, -0.2) is 0 Å². The van der Waals surface area contributed by atoms with Crippen molar-refractivity contribution in [1.29, 1.82) is 0 Å². The molecule has 26 heavy (non-hydrogen) atoms. The van der Waals surface area contributed by atoms with Crippen molar-refractivity contribution in [1.82, 2.24) is 10.2 Å². The van der Waals surface area contributed by atoms with Gasteiger partial charge in [-0.1, -0.05) is 0 Å². The molecule has 1 aromatic rings. The predicted molar refractivity (Wildman–Crippen MR) is 92.4 cm³/mol. The van der Waals surface area contributed by atoms with E-state index in [9.17, 15) is 19.2 Å². The van der Waals surface area contributed by atoms with Crippen LogP contribution in [0.3, 0.4) is 0 Å². The van der Waals surface area contributed by atoms with Gasteiger partial charge in [0.1, 0.15) is 6.04 Å². The fourth-order valence-corrected chi connectivity index (χ4v) is 3.94. The van der Waals surface area contributed by atoms with Gasteiger partial charge < -0.3 is 11.1 Å². The van der Waals surface area contributed by atoms with Crippen molar-refractivity contribution >= 4 is 29.3 Å². The average Bonchev–Trinajstić information content (AvgIpc) is 3.11. The molecule has 8 heteroatoms. The normalized spacial score (nSPS) is 28.3. The van der Waals surface area contributed by atoms with E-state index in [1.54, 1.807) is 18.2 Å². The number of piperidine rings is 1. The van der Waals surface area contributed by atoms with Crippen LogP contribution < -0.4 is 16.4 Å². The number of nitrogens with zero attached hydrogens (tertiary/aromatic N) is 1. The minimum absolute atomic E-state index is 0.0700. The van der Waals surface area contributed by atoms with E-state index in [0.717, 1.165) is 29.8 Å². The highest BCUT2D eigenvalue weighted by molar-refractivity contribution is 6.23. The standard InChI is InChI=1S/C18H20N4O4/c19-12-2-1-3-13(12)20-9-4-5-10-11(8-9)18(26)22(17(10)25)14-6-7-15(23)21-16(14)24/h4-5,8,12-14,20H,1-3,6-7,19H2,(H,21,23,24)/t12-,13-,14?/m1/s1. The number of amides is 4. The number of benzene rings is 1. The zero-order valence-corrected chi connectivity index (χ0v) is 14.2. The molecular weight excluding hydrogens is 336 g/mol. The molecule has 4 rings (SSSR count). The number of nitrogens with one attached hydrogen (secondary N) is 2. The first-order chi connectivity index (χ1) is 12.5.